The van der Waals surface area contributed by atoms with Gasteiger partial charge in [-0.25, -0.2) is 4.98 Å². The van der Waals surface area contributed by atoms with E-state index in [-0.39, 0.29) is 5.41 Å². The number of hydrogen-bond acceptors (Lipinski definition) is 5. The second-order valence-corrected chi connectivity index (χ2v) is 6.22. The lowest BCUT2D eigenvalue weighted by atomic mass is 9.64. The van der Waals surface area contributed by atoms with Gasteiger partial charge in [0.25, 0.3) is 0 Å². The molecule has 1 aliphatic carbocycles. The van der Waals surface area contributed by atoms with Crippen LogP contribution in [0, 0.1) is 5.41 Å². The molecular formula is C13H23N3OS. The lowest BCUT2D eigenvalue weighted by molar-refractivity contribution is -0.0975. The molecule has 1 N–H and O–H groups in total. The average molecular weight is 269 g/mol. The Kier molecular flexibility index (Phi) is 4.22. The summed E-state index contributed by atoms with van der Waals surface area (Å²) in [5, 5.41) is 4.45. The van der Waals surface area contributed by atoms with E-state index in [1.165, 1.54) is 11.5 Å². The first-order valence-corrected chi connectivity index (χ1v) is 7.56. The maximum Gasteiger partial charge on any atom is 0.202 e. The van der Waals surface area contributed by atoms with Gasteiger partial charge in [-0.3, -0.25) is 0 Å². The number of hydrogen-bond donors (Lipinski definition) is 1. The monoisotopic (exact) mass is 269 g/mol. The molecule has 0 aromatic carbocycles. The minimum Gasteiger partial charge on any atom is -0.378 e. The number of anilines is 1. The third-order valence-electron chi connectivity index (χ3n) is 3.78. The molecule has 5 heteroatoms. The van der Waals surface area contributed by atoms with E-state index in [4.69, 9.17) is 4.74 Å². The number of nitrogens with zero attached hydrogens (tertiary/aromatic N) is 2. The van der Waals surface area contributed by atoms with Crippen molar-refractivity contribution in [2.75, 3.05) is 11.9 Å². The van der Waals surface area contributed by atoms with Crippen LogP contribution in [0.15, 0.2) is 0 Å². The van der Waals surface area contributed by atoms with Gasteiger partial charge in [0, 0.05) is 36.0 Å². The highest BCUT2D eigenvalue weighted by Gasteiger charge is 2.49. The molecule has 0 spiro atoms. The zero-order valence-electron chi connectivity index (χ0n) is 11.7. The van der Waals surface area contributed by atoms with E-state index in [0.29, 0.717) is 12.1 Å². The second-order valence-electron chi connectivity index (χ2n) is 5.46. The number of ether oxygens (including phenoxy) is 1. The predicted molar refractivity (Wildman–Crippen MR) is 75.1 cm³/mol. The Morgan fingerprint density at radius 1 is 1.44 bits per heavy atom. The van der Waals surface area contributed by atoms with Crippen molar-refractivity contribution in [1.82, 2.24) is 9.36 Å². The van der Waals surface area contributed by atoms with E-state index in [2.05, 4.69) is 42.4 Å². The van der Waals surface area contributed by atoms with Gasteiger partial charge >= 0.3 is 0 Å². The van der Waals surface area contributed by atoms with E-state index in [0.717, 1.165) is 36.8 Å². The van der Waals surface area contributed by atoms with Gasteiger partial charge in [-0.05, 0) is 19.8 Å². The van der Waals surface area contributed by atoms with Gasteiger partial charge in [-0.15, -0.1) is 0 Å². The van der Waals surface area contributed by atoms with Crippen molar-refractivity contribution in [2.45, 2.75) is 59.1 Å². The van der Waals surface area contributed by atoms with Crippen LogP contribution in [0.4, 0.5) is 5.13 Å². The van der Waals surface area contributed by atoms with Crippen molar-refractivity contribution >= 4 is 16.7 Å². The summed E-state index contributed by atoms with van der Waals surface area (Å²) in [7, 11) is 0. The molecular weight excluding hydrogens is 246 g/mol. The van der Waals surface area contributed by atoms with Crippen LogP contribution in [0.25, 0.3) is 0 Å². The quantitative estimate of drug-likeness (QED) is 0.862. The van der Waals surface area contributed by atoms with Crippen LogP contribution in [-0.4, -0.2) is 28.1 Å². The third-order valence-corrected chi connectivity index (χ3v) is 4.47. The molecule has 0 bridgehead atoms. The summed E-state index contributed by atoms with van der Waals surface area (Å²) in [6.07, 6.45) is 3.48. The molecule has 1 aliphatic rings. The SMILES string of the molecule is CCCc1nsc(NC2CC(OCC)C2(C)C)n1. The van der Waals surface area contributed by atoms with E-state index >= 15 is 0 Å². The van der Waals surface area contributed by atoms with Crippen molar-refractivity contribution in [3.8, 4) is 0 Å². The zero-order chi connectivity index (χ0) is 13.2. The zero-order valence-corrected chi connectivity index (χ0v) is 12.5. The normalized spacial score (nSPS) is 25.8. The maximum absolute atomic E-state index is 5.73. The summed E-state index contributed by atoms with van der Waals surface area (Å²) in [5.41, 5.74) is 0.173. The van der Waals surface area contributed by atoms with E-state index in [1.54, 1.807) is 0 Å². The van der Waals surface area contributed by atoms with Crippen molar-refractivity contribution in [2.24, 2.45) is 5.41 Å². The second kappa shape index (κ2) is 5.53. The smallest absolute Gasteiger partial charge is 0.202 e. The minimum atomic E-state index is 0.173. The van der Waals surface area contributed by atoms with Crippen LogP contribution in [0.1, 0.15) is 46.4 Å². The van der Waals surface area contributed by atoms with Crippen molar-refractivity contribution in [3.05, 3.63) is 5.82 Å². The van der Waals surface area contributed by atoms with Crippen LogP contribution in [0.2, 0.25) is 0 Å². The topological polar surface area (TPSA) is 47.0 Å². The summed E-state index contributed by atoms with van der Waals surface area (Å²) in [4.78, 5) is 4.51. The van der Waals surface area contributed by atoms with Gasteiger partial charge in [-0.2, -0.15) is 4.37 Å². The first-order chi connectivity index (χ1) is 8.57. The Morgan fingerprint density at radius 2 is 2.22 bits per heavy atom. The van der Waals surface area contributed by atoms with Crippen LogP contribution in [0.5, 0.6) is 0 Å². The molecule has 1 aromatic rings. The predicted octanol–water partition coefficient (Wildman–Crippen LogP) is 3.11. The Balaban J connectivity index is 1.90. The van der Waals surface area contributed by atoms with Crippen LogP contribution in [-0.2, 0) is 11.2 Å². The van der Waals surface area contributed by atoms with Crippen molar-refractivity contribution in [1.29, 1.82) is 0 Å². The van der Waals surface area contributed by atoms with Gasteiger partial charge in [0.1, 0.15) is 5.82 Å². The summed E-state index contributed by atoms with van der Waals surface area (Å²) in [5.74, 6) is 0.962. The molecule has 1 fully saturated rings. The Bertz CT molecular complexity index is 391. The highest BCUT2D eigenvalue weighted by molar-refractivity contribution is 7.09. The molecule has 1 saturated carbocycles. The first-order valence-electron chi connectivity index (χ1n) is 6.78. The van der Waals surface area contributed by atoms with Gasteiger partial charge in [0.2, 0.25) is 5.13 Å². The highest BCUT2D eigenvalue weighted by atomic mass is 32.1. The fourth-order valence-electron chi connectivity index (χ4n) is 2.40. The van der Waals surface area contributed by atoms with Crippen molar-refractivity contribution < 1.29 is 4.74 Å². The fourth-order valence-corrected chi connectivity index (χ4v) is 3.07. The standard InChI is InChI=1S/C13H23N3OS/c1-5-7-11-15-12(18-16-11)14-9-8-10(17-6-2)13(9,3)4/h9-10H,5-8H2,1-4H3,(H,14,15,16). The van der Waals surface area contributed by atoms with Gasteiger partial charge in [-0.1, -0.05) is 20.8 Å². The molecule has 1 aromatic heterocycles. The molecule has 2 atom stereocenters. The van der Waals surface area contributed by atoms with Crippen LogP contribution >= 0.6 is 11.5 Å². The molecule has 0 saturated heterocycles. The number of aryl methyl sites for hydroxylation is 1. The Morgan fingerprint density at radius 3 is 2.83 bits per heavy atom. The molecule has 1 heterocycles. The molecule has 2 unspecified atom stereocenters. The molecule has 0 amide bonds. The third kappa shape index (κ3) is 2.67. The first kappa shape index (κ1) is 13.7. The van der Waals surface area contributed by atoms with E-state index in [1.807, 2.05) is 0 Å². The van der Waals surface area contributed by atoms with Crippen LogP contribution in [0.3, 0.4) is 0 Å². The van der Waals surface area contributed by atoms with Gasteiger partial charge in [0.15, 0.2) is 0 Å². The maximum atomic E-state index is 5.73. The average Bonchev–Trinajstić information content (AvgIpc) is 2.76. The Hall–Kier alpha value is -0.680. The molecule has 0 aliphatic heterocycles. The lowest BCUT2D eigenvalue weighted by Gasteiger charge is -2.51. The number of nitrogens with one attached hydrogen (secondary N) is 1. The Labute approximate surface area is 113 Å². The molecule has 4 nitrogen and oxygen atoms in total. The number of rotatable bonds is 6. The highest BCUT2D eigenvalue weighted by Crippen LogP contribution is 2.44. The molecule has 0 radical (unpaired) electrons. The van der Waals surface area contributed by atoms with Crippen LogP contribution < -0.4 is 5.32 Å². The van der Waals surface area contributed by atoms with Crippen molar-refractivity contribution in [3.63, 3.8) is 0 Å². The minimum absolute atomic E-state index is 0.173. The van der Waals surface area contributed by atoms with E-state index < -0.39 is 0 Å². The fraction of sp³-hybridized carbons (Fsp3) is 0.846. The molecule has 102 valence electrons. The summed E-state index contributed by atoms with van der Waals surface area (Å²) in [6, 6.07) is 0.441. The van der Waals surface area contributed by atoms with Gasteiger partial charge < -0.3 is 10.1 Å². The summed E-state index contributed by atoms with van der Waals surface area (Å²) < 4.78 is 10.1. The number of aromatic nitrogens is 2. The summed E-state index contributed by atoms with van der Waals surface area (Å²) >= 11 is 1.47. The summed E-state index contributed by atoms with van der Waals surface area (Å²) in [6.45, 7) is 9.50. The largest absolute Gasteiger partial charge is 0.378 e. The van der Waals surface area contributed by atoms with E-state index in [9.17, 15) is 0 Å². The molecule has 18 heavy (non-hydrogen) atoms. The van der Waals surface area contributed by atoms with Gasteiger partial charge in [0.05, 0.1) is 6.10 Å². The molecule has 2 rings (SSSR count). The lowest BCUT2D eigenvalue weighted by Crippen LogP contribution is -2.58.